The van der Waals surface area contributed by atoms with Gasteiger partial charge in [-0.05, 0) is 18.3 Å². The number of carbonyl (C=O) groups excluding carboxylic acids is 1. The molecule has 0 radical (unpaired) electrons. The van der Waals surface area contributed by atoms with Crippen LogP contribution in [0.1, 0.15) is 33.1 Å². The first kappa shape index (κ1) is 8.72. The third-order valence-electron chi connectivity index (χ3n) is 4.29. The van der Waals surface area contributed by atoms with E-state index >= 15 is 0 Å². The van der Waals surface area contributed by atoms with Gasteiger partial charge in [0.2, 0.25) is 0 Å². The molecule has 0 aromatic heterocycles. The molecule has 0 aromatic rings. The third-order valence-corrected chi connectivity index (χ3v) is 4.29. The molecule has 2 heterocycles. The minimum absolute atomic E-state index is 0.0485. The van der Waals surface area contributed by atoms with Crippen molar-refractivity contribution < 1.29 is 14.3 Å². The Balaban J connectivity index is 1.93. The van der Waals surface area contributed by atoms with Crippen LogP contribution in [0.3, 0.4) is 0 Å². The zero-order valence-corrected chi connectivity index (χ0v) is 8.66. The number of rotatable bonds is 0. The molecule has 1 aliphatic carbocycles. The summed E-state index contributed by atoms with van der Waals surface area (Å²) in [5, 5.41) is 0. The molecule has 2 bridgehead atoms. The Hall–Kier alpha value is -0.570. The van der Waals surface area contributed by atoms with Gasteiger partial charge in [0.15, 0.2) is 0 Å². The van der Waals surface area contributed by atoms with E-state index in [9.17, 15) is 4.79 Å². The van der Waals surface area contributed by atoms with Gasteiger partial charge in [0.25, 0.3) is 0 Å². The van der Waals surface area contributed by atoms with E-state index in [1.54, 1.807) is 0 Å². The van der Waals surface area contributed by atoms with Crippen molar-refractivity contribution in [1.82, 2.24) is 0 Å². The van der Waals surface area contributed by atoms with Gasteiger partial charge in [-0.25, -0.2) is 0 Å². The van der Waals surface area contributed by atoms with Gasteiger partial charge < -0.3 is 9.47 Å². The standard InChI is InChI=1S/C11H16O3/c1-6-4-11-5-8(7(6)2)13-9(11)3-10(12)14-11/h6-9H,3-5H2,1-2H3/t6-,7?,8-,9+,11+/m1/s1. The molecule has 3 fully saturated rings. The lowest BCUT2D eigenvalue weighted by molar-refractivity contribution is -0.151. The van der Waals surface area contributed by atoms with Crippen LogP contribution in [0, 0.1) is 11.8 Å². The quantitative estimate of drug-likeness (QED) is 0.551. The second-order valence-electron chi connectivity index (χ2n) is 5.15. The Morgan fingerprint density at radius 1 is 1.36 bits per heavy atom. The Morgan fingerprint density at radius 3 is 2.93 bits per heavy atom. The summed E-state index contributed by atoms with van der Waals surface area (Å²) in [4.78, 5) is 11.2. The molecule has 78 valence electrons. The fourth-order valence-electron chi connectivity index (χ4n) is 3.28. The topological polar surface area (TPSA) is 35.5 Å². The Bertz CT molecular complexity index is 288. The number of hydrogen-bond donors (Lipinski definition) is 0. The lowest BCUT2D eigenvalue weighted by Crippen LogP contribution is -2.42. The highest BCUT2D eigenvalue weighted by atomic mass is 16.6. The average Bonchev–Trinajstić information content (AvgIpc) is 2.51. The van der Waals surface area contributed by atoms with Crippen molar-refractivity contribution in [3.63, 3.8) is 0 Å². The maximum atomic E-state index is 11.2. The normalized spacial score (nSPS) is 55.7. The van der Waals surface area contributed by atoms with Gasteiger partial charge in [-0.15, -0.1) is 0 Å². The number of fused-ring (bicyclic) bond motifs is 1. The Labute approximate surface area is 83.8 Å². The van der Waals surface area contributed by atoms with Crippen LogP contribution in [0.4, 0.5) is 0 Å². The molecule has 2 saturated heterocycles. The molecule has 5 atom stereocenters. The fraction of sp³-hybridized carbons (Fsp3) is 0.909. The first-order chi connectivity index (χ1) is 6.61. The van der Waals surface area contributed by atoms with E-state index in [-0.39, 0.29) is 17.7 Å². The van der Waals surface area contributed by atoms with Crippen LogP contribution in [0.25, 0.3) is 0 Å². The van der Waals surface area contributed by atoms with E-state index in [0.29, 0.717) is 24.4 Å². The van der Waals surface area contributed by atoms with Crippen LogP contribution >= 0.6 is 0 Å². The number of hydrogen-bond acceptors (Lipinski definition) is 3. The summed E-state index contributed by atoms with van der Waals surface area (Å²) in [7, 11) is 0. The highest BCUT2D eigenvalue weighted by molar-refractivity contribution is 5.73. The summed E-state index contributed by atoms with van der Waals surface area (Å²) >= 11 is 0. The largest absolute Gasteiger partial charge is 0.456 e. The van der Waals surface area contributed by atoms with Crippen LogP contribution in [0.15, 0.2) is 0 Å². The van der Waals surface area contributed by atoms with Gasteiger partial charge in [0.1, 0.15) is 11.7 Å². The monoisotopic (exact) mass is 196 g/mol. The van der Waals surface area contributed by atoms with Gasteiger partial charge in [0.05, 0.1) is 12.5 Å². The van der Waals surface area contributed by atoms with E-state index in [1.165, 1.54) is 0 Å². The van der Waals surface area contributed by atoms with E-state index < -0.39 is 0 Å². The number of carbonyl (C=O) groups is 1. The molecule has 1 spiro atoms. The minimum atomic E-state index is -0.242. The Kier molecular flexibility index (Phi) is 1.56. The summed E-state index contributed by atoms with van der Waals surface area (Å²) in [6.07, 6.45) is 2.75. The van der Waals surface area contributed by atoms with Crippen molar-refractivity contribution in [3.8, 4) is 0 Å². The highest BCUT2D eigenvalue weighted by Crippen LogP contribution is 2.52. The van der Waals surface area contributed by atoms with Gasteiger partial charge in [-0.3, -0.25) is 4.79 Å². The summed E-state index contributed by atoms with van der Waals surface area (Å²) < 4.78 is 11.4. The second kappa shape index (κ2) is 2.51. The highest BCUT2D eigenvalue weighted by Gasteiger charge is 2.61. The lowest BCUT2D eigenvalue weighted by atomic mass is 9.72. The van der Waals surface area contributed by atoms with Crippen molar-refractivity contribution in [1.29, 1.82) is 0 Å². The van der Waals surface area contributed by atoms with Crippen LogP contribution in [0.5, 0.6) is 0 Å². The minimum Gasteiger partial charge on any atom is -0.456 e. The van der Waals surface area contributed by atoms with Crippen molar-refractivity contribution in [2.75, 3.05) is 0 Å². The molecule has 14 heavy (non-hydrogen) atoms. The summed E-state index contributed by atoms with van der Waals surface area (Å²) in [5.74, 6) is 1.13. The predicted octanol–water partition coefficient (Wildman–Crippen LogP) is 1.51. The molecular weight excluding hydrogens is 180 g/mol. The van der Waals surface area contributed by atoms with Gasteiger partial charge in [-0.2, -0.15) is 0 Å². The third kappa shape index (κ3) is 0.937. The van der Waals surface area contributed by atoms with Gasteiger partial charge >= 0.3 is 5.97 Å². The second-order valence-corrected chi connectivity index (χ2v) is 5.15. The maximum absolute atomic E-state index is 11.2. The average molecular weight is 196 g/mol. The van der Waals surface area contributed by atoms with Crippen molar-refractivity contribution in [2.24, 2.45) is 11.8 Å². The molecule has 3 rings (SSSR count). The van der Waals surface area contributed by atoms with Gasteiger partial charge in [-0.1, -0.05) is 13.8 Å². The smallest absolute Gasteiger partial charge is 0.309 e. The van der Waals surface area contributed by atoms with E-state index in [4.69, 9.17) is 9.47 Å². The van der Waals surface area contributed by atoms with Crippen LogP contribution in [0.2, 0.25) is 0 Å². The van der Waals surface area contributed by atoms with E-state index in [1.807, 2.05) is 0 Å². The van der Waals surface area contributed by atoms with Crippen LogP contribution in [-0.4, -0.2) is 23.8 Å². The molecule has 3 heteroatoms. The number of esters is 1. The van der Waals surface area contributed by atoms with Crippen molar-refractivity contribution in [2.45, 2.75) is 50.9 Å². The van der Waals surface area contributed by atoms with Crippen molar-refractivity contribution in [3.05, 3.63) is 0 Å². The predicted molar refractivity (Wildman–Crippen MR) is 49.7 cm³/mol. The zero-order chi connectivity index (χ0) is 9.92. The van der Waals surface area contributed by atoms with Crippen LogP contribution in [-0.2, 0) is 14.3 Å². The number of ether oxygens (including phenoxy) is 2. The zero-order valence-electron chi connectivity index (χ0n) is 8.66. The maximum Gasteiger partial charge on any atom is 0.309 e. The molecule has 3 aliphatic rings. The summed E-state index contributed by atoms with van der Waals surface area (Å²) in [6.45, 7) is 4.47. The lowest BCUT2D eigenvalue weighted by Gasteiger charge is -2.36. The van der Waals surface area contributed by atoms with Crippen LogP contribution < -0.4 is 0 Å². The Morgan fingerprint density at radius 2 is 2.14 bits per heavy atom. The molecule has 0 amide bonds. The summed E-state index contributed by atoms with van der Waals surface area (Å²) in [5.41, 5.74) is -0.242. The fourth-order valence-corrected chi connectivity index (χ4v) is 3.28. The van der Waals surface area contributed by atoms with E-state index in [0.717, 1.165) is 12.8 Å². The molecule has 0 aromatic carbocycles. The SMILES string of the molecule is CC1[C@H](C)C[C@]23C[C@H]1O[C@H]2CC(=O)O3. The molecule has 1 saturated carbocycles. The molecule has 2 aliphatic heterocycles. The molecule has 3 nitrogen and oxygen atoms in total. The van der Waals surface area contributed by atoms with E-state index in [2.05, 4.69) is 13.8 Å². The molecular formula is C11H16O3. The molecule has 1 unspecified atom stereocenters. The summed E-state index contributed by atoms with van der Waals surface area (Å²) in [6, 6.07) is 0. The van der Waals surface area contributed by atoms with Crippen molar-refractivity contribution >= 4 is 5.97 Å². The first-order valence-electron chi connectivity index (χ1n) is 5.48. The first-order valence-corrected chi connectivity index (χ1v) is 5.48. The molecule has 0 N–H and O–H groups in total. The van der Waals surface area contributed by atoms with Gasteiger partial charge in [0, 0.05) is 6.42 Å².